The number of piperazine rings is 1. The van der Waals surface area contributed by atoms with Crippen molar-refractivity contribution in [3.8, 4) is 0 Å². The van der Waals surface area contributed by atoms with Gasteiger partial charge in [0.15, 0.2) is 0 Å². The van der Waals surface area contributed by atoms with Crippen LogP contribution in [0.3, 0.4) is 0 Å². The van der Waals surface area contributed by atoms with Crippen LogP contribution in [-0.2, 0) is 11.0 Å². The number of amides is 1. The van der Waals surface area contributed by atoms with Gasteiger partial charge in [-0.2, -0.15) is 13.2 Å². The van der Waals surface area contributed by atoms with E-state index in [-0.39, 0.29) is 23.7 Å². The maximum Gasteiger partial charge on any atom is 0.433 e. The summed E-state index contributed by atoms with van der Waals surface area (Å²) in [7, 11) is 0. The zero-order chi connectivity index (χ0) is 19.8. The second-order valence-corrected chi connectivity index (χ2v) is 7.85. The Morgan fingerprint density at radius 1 is 1.26 bits per heavy atom. The van der Waals surface area contributed by atoms with Gasteiger partial charge in [-0.3, -0.25) is 4.79 Å². The first-order valence-corrected chi connectivity index (χ1v) is 9.32. The Kier molecular flexibility index (Phi) is 5.33. The fourth-order valence-electron chi connectivity index (χ4n) is 4.21. The van der Waals surface area contributed by atoms with Gasteiger partial charge < -0.3 is 15.5 Å². The number of aromatic nitrogens is 2. The van der Waals surface area contributed by atoms with Gasteiger partial charge in [-0.15, -0.1) is 0 Å². The molecule has 150 valence electrons. The van der Waals surface area contributed by atoms with E-state index in [0.29, 0.717) is 32.6 Å². The van der Waals surface area contributed by atoms with E-state index in [4.69, 9.17) is 5.73 Å². The maximum absolute atomic E-state index is 13.2. The van der Waals surface area contributed by atoms with Crippen molar-refractivity contribution in [3.05, 3.63) is 18.1 Å². The van der Waals surface area contributed by atoms with Crippen molar-refractivity contribution in [2.75, 3.05) is 31.1 Å². The molecule has 2 aliphatic rings. The van der Waals surface area contributed by atoms with E-state index in [9.17, 15) is 18.0 Å². The van der Waals surface area contributed by atoms with Gasteiger partial charge >= 0.3 is 6.18 Å². The summed E-state index contributed by atoms with van der Waals surface area (Å²) in [6.45, 7) is 5.94. The minimum absolute atomic E-state index is 0.0550. The highest BCUT2D eigenvalue weighted by Crippen LogP contribution is 2.45. The Balaban J connectivity index is 1.68. The highest BCUT2D eigenvalue weighted by atomic mass is 19.4. The van der Waals surface area contributed by atoms with Crippen LogP contribution in [0.15, 0.2) is 12.4 Å². The van der Waals surface area contributed by atoms with E-state index >= 15 is 0 Å². The maximum atomic E-state index is 13.2. The lowest BCUT2D eigenvalue weighted by Gasteiger charge is -2.42. The minimum Gasteiger partial charge on any atom is -0.353 e. The van der Waals surface area contributed by atoms with Crippen molar-refractivity contribution >= 4 is 11.7 Å². The summed E-state index contributed by atoms with van der Waals surface area (Å²) in [5.41, 5.74) is 4.71. The molecule has 1 amide bonds. The molecule has 0 unspecified atom stereocenters. The third-order valence-corrected chi connectivity index (χ3v) is 5.95. The fourth-order valence-corrected chi connectivity index (χ4v) is 4.21. The lowest BCUT2D eigenvalue weighted by molar-refractivity contribution is -0.145. The number of nitrogens with zero attached hydrogens (tertiary/aromatic N) is 4. The van der Waals surface area contributed by atoms with Crippen LogP contribution in [0, 0.1) is 11.3 Å². The molecule has 1 aliphatic heterocycles. The zero-order valence-electron chi connectivity index (χ0n) is 15.7. The second-order valence-electron chi connectivity index (χ2n) is 7.85. The van der Waals surface area contributed by atoms with Gasteiger partial charge in [0.2, 0.25) is 5.91 Å². The van der Waals surface area contributed by atoms with Gasteiger partial charge in [0.1, 0.15) is 17.8 Å². The summed E-state index contributed by atoms with van der Waals surface area (Å²) in [6.07, 6.45) is -1.22. The number of nitrogens with two attached hydrogens (primary N) is 1. The minimum atomic E-state index is -4.50. The highest BCUT2D eigenvalue weighted by Gasteiger charge is 2.48. The summed E-state index contributed by atoms with van der Waals surface area (Å²) in [5.74, 6) is 0.572. The number of hydrogen-bond donors (Lipinski definition) is 1. The van der Waals surface area contributed by atoms with Crippen LogP contribution in [0.1, 0.15) is 38.8 Å². The molecule has 27 heavy (non-hydrogen) atoms. The third-order valence-electron chi connectivity index (χ3n) is 5.95. The molecule has 9 heteroatoms. The molecule has 0 spiro atoms. The van der Waals surface area contributed by atoms with Crippen LogP contribution >= 0.6 is 0 Å². The SMILES string of the molecule is CC(C)[C@]1(C(=O)N2CCN(c3cc(C(F)(F)F)ncn3)CC2)CC[C@@H](N)C1. The predicted molar refractivity (Wildman–Crippen MR) is 94.9 cm³/mol. The molecule has 6 nitrogen and oxygen atoms in total. The average molecular weight is 385 g/mol. The van der Waals surface area contributed by atoms with E-state index in [1.807, 2.05) is 4.90 Å². The van der Waals surface area contributed by atoms with E-state index < -0.39 is 17.3 Å². The number of halogens is 3. The van der Waals surface area contributed by atoms with Crippen molar-refractivity contribution in [3.63, 3.8) is 0 Å². The lowest BCUT2D eigenvalue weighted by Crippen LogP contribution is -2.54. The van der Waals surface area contributed by atoms with Crippen LogP contribution in [-0.4, -0.2) is 53.0 Å². The Bertz CT molecular complexity index is 688. The van der Waals surface area contributed by atoms with Crippen molar-refractivity contribution in [1.29, 1.82) is 0 Å². The topological polar surface area (TPSA) is 75.4 Å². The lowest BCUT2D eigenvalue weighted by atomic mass is 9.74. The van der Waals surface area contributed by atoms with Crippen molar-refractivity contribution < 1.29 is 18.0 Å². The van der Waals surface area contributed by atoms with Gasteiger partial charge in [-0.05, 0) is 25.2 Å². The molecule has 1 saturated carbocycles. The monoisotopic (exact) mass is 385 g/mol. The first-order valence-electron chi connectivity index (χ1n) is 9.32. The van der Waals surface area contributed by atoms with Crippen LogP contribution in [0.2, 0.25) is 0 Å². The molecule has 2 atom stereocenters. The van der Waals surface area contributed by atoms with E-state index in [1.165, 1.54) is 0 Å². The number of hydrogen-bond acceptors (Lipinski definition) is 5. The molecule has 2 fully saturated rings. The molecular weight excluding hydrogens is 359 g/mol. The van der Waals surface area contributed by atoms with Crippen LogP contribution in [0.5, 0.6) is 0 Å². The summed E-state index contributed by atoms with van der Waals surface area (Å²) >= 11 is 0. The van der Waals surface area contributed by atoms with Gasteiger partial charge in [0.05, 0.1) is 5.41 Å². The number of alkyl halides is 3. The summed E-state index contributed by atoms with van der Waals surface area (Å²) in [5, 5.41) is 0. The van der Waals surface area contributed by atoms with Crippen molar-refractivity contribution in [2.24, 2.45) is 17.1 Å². The quantitative estimate of drug-likeness (QED) is 0.864. The largest absolute Gasteiger partial charge is 0.433 e. The summed E-state index contributed by atoms with van der Waals surface area (Å²) < 4.78 is 38.6. The molecule has 0 aromatic carbocycles. The first kappa shape index (κ1) is 19.9. The first-order chi connectivity index (χ1) is 12.6. The normalized spacial score (nSPS) is 26.7. The molecule has 1 saturated heterocycles. The molecule has 2 heterocycles. The molecule has 3 rings (SSSR count). The highest BCUT2D eigenvalue weighted by molar-refractivity contribution is 5.83. The van der Waals surface area contributed by atoms with Gasteiger partial charge in [-0.25, -0.2) is 9.97 Å². The summed E-state index contributed by atoms with van der Waals surface area (Å²) in [6, 6.07) is 1.02. The van der Waals surface area contributed by atoms with Crippen LogP contribution < -0.4 is 10.6 Å². The van der Waals surface area contributed by atoms with Crippen molar-refractivity contribution in [1.82, 2.24) is 14.9 Å². The molecule has 1 aliphatic carbocycles. The molecule has 1 aromatic rings. The standard InChI is InChI=1S/C18H26F3N5O/c1-12(2)17(4-3-13(22)10-17)16(27)26-7-5-25(6-8-26)15-9-14(18(19,20)21)23-11-24-15/h9,11-13H,3-8,10,22H2,1-2H3/t13-,17+/m1/s1. The van der Waals surface area contributed by atoms with Gasteiger partial charge in [0, 0.05) is 38.3 Å². The van der Waals surface area contributed by atoms with E-state index in [1.54, 1.807) is 4.90 Å². The molecule has 0 radical (unpaired) electrons. The van der Waals surface area contributed by atoms with Crippen LogP contribution in [0.25, 0.3) is 0 Å². The smallest absolute Gasteiger partial charge is 0.353 e. The van der Waals surface area contributed by atoms with Gasteiger partial charge in [0.25, 0.3) is 0 Å². The molecular formula is C18H26F3N5O. The van der Waals surface area contributed by atoms with Crippen molar-refractivity contribution in [2.45, 2.75) is 45.3 Å². The number of anilines is 1. The number of carbonyl (C=O) groups is 1. The predicted octanol–water partition coefficient (Wildman–Crippen LogP) is 2.30. The average Bonchev–Trinajstić information content (AvgIpc) is 3.04. The zero-order valence-corrected chi connectivity index (χ0v) is 15.7. The Labute approximate surface area is 156 Å². The Hall–Kier alpha value is -1.90. The van der Waals surface area contributed by atoms with E-state index in [2.05, 4.69) is 23.8 Å². The van der Waals surface area contributed by atoms with E-state index in [0.717, 1.165) is 25.2 Å². The third kappa shape index (κ3) is 3.88. The summed E-state index contributed by atoms with van der Waals surface area (Å²) in [4.78, 5) is 24.1. The Morgan fingerprint density at radius 2 is 1.93 bits per heavy atom. The van der Waals surface area contributed by atoms with Crippen LogP contribution in [0.4, 0.5) is 19.0 Å². The molecule has 1 aromatic heterocycles. The molecule has 0 bridgehead atoms. The fraction of sp³-hybridized carbons (Fsp3) is 0.722. The number of carbonyl (C=O) groups excluding carboxylic acids is 1. The van der Waals surface area contributed by atoms with Gasteiger partial charge in [-0.1, -0.05) is 13.8 Å². The number of rotatable bonds is 3. The Morgan fingerprint density at radius 3 is 2.44 bits per heavy atom. The second kappa shape index (κ2) is 7.26. The molecule has 2 N–H and O–H groups in total.